The molecule has 0 amide bonds. The highest BCUT2D eigenvalue weighted by molar-refractivity contribution is 5.87. The molecule has 8 nitrogen and oxygen atoms in total. The van der Waals surface area contributed by atoms with Crippen LogP contribution < -0.4 is 0 Å². The monoisotopic (exact) mass is 586 g/mol. The van der Waals surface area contributed by atoms with E-state index in [0.29, 0.717) is 22.9 Å². The van der Waals surface area contributed by atoms with Crippen molar-refractivity contribution in [3.8, 4) is 44.8 Å². The zero-order chi connectivity index (χ0) is 31.1. The highest BCUT2D eigenvalue weighted by atomic mass is 16.5. The summed E-state index contributed by atoms with van der Waals surface area (Å²) in [5, 5.41) is 26.9. The summed E-state index contributed by atoms with van der Waals surface area (Å²) in [5.41, 5.74) is 6.38. The van der Waals surface area contributed by atoms with Crippen LogP contribution in [0.15, 0.2) is 130 Å². The van der Waals surface area contributed by atoms with E-state index in [0.717, 1.165) is 33.4 Å². The first kappa shape index (κ1) is 29.7. The molecule has 8 heteroatoms. The maximum absolute atomic E-state index is 11.3. The van der Waals surface area contributed by atoms with Crippen molar-refractivity contribution in [1.29, 1.82) is 0 Å². The Morgan fingerprint density at radius 2 is 0.773 bits per heavy atom. The Morgan fingerprint density at radius 1 is 0.500 bits per heavy atom. The molecule has 44 heavy (non-hydrogen) atoms. The van der Waals surface area contributed by atoms with E-state index in [1.807, 2.05) is 121 Å². The number of aliphatic carboxylic acids is 2. The predicted molar refractivity (Wildman–Crippen MR) is 167 cm³/mol. The van der Waals surface area contributed by atoms with Crippen LogP contribution in [0, 0.1) is 0 Å². The van der Waals surface area contributed by atoms with Crippen molar-refractivity contribution in [3.05, 3.63) is 133 Å². The molecule has 0 bridgehead atoms. The van der Waals surface area contributed by atoms with Gasteiger partial charge in [-0.2, -0.15) is 0 Å². The molecule has 0 aliphatic rings. The number of carboxylic acids is 2. The fraction of sp³-hybridized carbons (Fsp3) is 0.111. The summed E-state index contributed by atoms with van der Waals surface area (Å²) >= 11 is 0. The molecule has 6 rings (SSSR count). The van der Waals surface area contributed by atoms with Crippen molar-refractivity contribution in [2.24, 2.45) is 0 Å². The van der Waals surface area contributed by atoms with E-state index in [2.05, 4.69) is 10.3 Å². The Bertz CT molecular complexity index is 1690. The SMILES string of the molecule is CC(C(=O)O)c1onc(-c2ccccc2)c1-c1ccccc1.CC(C(=O)O)c1onc(-c2ccccc2)c1-c1ccccc1. The zero-order valence-electron chi connectivity index (χ0n) is 24.1. The molecule has 2 aromatic heterocycles. The van der Waals surface area contributed by atoms with Crippen molar-refractivity contribution >= 4 is 11.9 Å². The van der Waals surface area contributed by atoms with Gasteiger partial charge in [-0.05, 0) is 25.0 Å². The number of carbonyl (C=O) groups is 2. The molecule has 220 valence electrons. The molecular weight excluding hydrogens is 556 g/mol. The smallest absolute Gasteiger partial charge is 0.314 e. The van der Waals surface area contributed by atoms with Crippen LogP contribution in [0.4, 0.5) is 0 Å². The quantitative estimate of drug-likeness (QED) is 0.182. The van der Waals surface area contributed by atoms with Crippen molar-refractivity contribution in [1.82, 2.24) is 10.3 Å². The minimum atomic E-state index is -0.937. The third-order valence-electron chi connectivity index (χ3n) is 7.18. The van der Waals surface area contributed by atoms with Gasteiger partial charge in [0.1, 0.15) is 23.2 Å². The van der Waals surface area contributed by atoms with E-state index in [-0.39, 0.29) is 0 Å². The van der Waals surface area contributed by atoms with E-state index in [1.165, 1.54) is 0 Å². The predicted octanol–water partition coefficient (Wildman–Crippen LogP) is 8.39. The number of hydrogen-bond donors (Lipinski definition) is 2. The summed E-state index contributed by atoms with van der Waals surface area (Å²) in [4.78, 5) is 22.7. The lowest BCUT2D eigenvalue weighted by molar-refractivity contribution is -0.139. The fourth-order valence-electron chi connectivity index (χ4n) is 4.77. The van der Waals surface area contributed by atoms with Crippen LogP contribution in [-0.2, 0) is 9.59 Å². The van der Waals surface area contributed by atoms with E-state index in [9.17, 15) is 19.8 Å². The second-order valence-corrected chi connectivity index (χ2v) is 10.1. The van der Waals surface area contributed by atoms with Gasteiger partial charge >= 0.3 is 11.9 Å². The molecule has 2 atom stereocenters. The van der Waals surface area contributed by atoms with Gasteiger partial charge in [0, 0.05) is 11.1 Å². The highest BCUT2D eigenvalue weighted by Gasteiger charge is 2.28. The molecule has 2 N–H and O–H groups in total. The first-order chi connectivity index (χ1) is 21.4. The number of nitrogens with zero attached hydrogens (tertiary/aromatic N) is 2. The third kappa shape index (κ3) is 6.34. The second kappa shape index (κ2) is 13.5. The molecule has 2 heterocycles. The molecule has 0 aliphatic carbocycles. The molecule has 0 spiro atoms. The van der Waals surface area contributed by atoms with Crippen molar-refractivity contribution < 1.29 is 28.8 Å². The van der Waals surface area contributed by atoms with Crippen LogP contribution in [0.25, 0.3) is 44.8 Å². The normalized spacial score (nSPS) is 12.0. The van der Waals surface area contributed by atoms with Gasteiger partial charge in [-0.3, -0.25) is 9.59 Å². The van der Waals surface area contributed by atoms with Crippen LogP contribution in [0.5, 0.6) is 0 Å². The minimum absolute atomic E-state index is 0.373. The van der Waals surface area contributed by atoms with Crippen LogP contribution in [0.2, 0.25) is 0 Å². The lowest BCUT2D eigenvalue weighted by Crippen LogP contribution is -2.07. The Labute approximate surface area is 254 Å². The number of carboxylic acid groups (broad SMARTS) is 2. The molecule has 0 saturated carbocycles. The number of rotatable bonds is 8. The highest BCUT2D eigenvalue weighted by Crippen LogP contribution is 2.39. The molecule has 6 aromatic rings. The van der Waals surface area contributed by atoms with Gasteiger partial charge in [0.2, 0.25) is 0 Å². The van der Waals surface area contributed by atoms with Gasteiger partial charge in [0.25, 0.3) is 0 Å². The Hall–Kier alpha value is -5.76. The summed E-state index contributed by atoms with van der Waals surface area (Å²) in [5.74, 6) is -2.66. The van der Waals surface area contributed by atoms with Gasteiger partial charge in [-0.25, -0.2) is 0 Å². The Morgan fingerprint density at radius 3 is 1.05 bits per heavy atom. The molecule has 0 radical (unpaired) electrons. The van der Waals surface area contributed by atoms with Gasteiger partial charge in [-0.15, -0.1) is 0 Å². The lowest BCUT2D eigenvalue weighted by Gasteiger charge is -2.07. The number of aromatic nitrogens is 2. The van der Waals surface area contributed by atoms with E-state index in [4.69, 9.17) is 9.05 Å². The molecule has 0 fully saturated rings. The molecule has 0 saturated heterocycles. The molecule has 2 unspecified atom stereocenters. The average molecular weight is 587 g/mol. The van der Waals surface area contributed by atoms with Crippen LogP contribution in [0.3, 0.4) is 0 Å². The van der Waals surface area contributed by atoms with Gasteiger partial charge in [-0.1, -0.05) is 132 Å². The van der Waals surface area contributed by atoms with Crippen LogP contribution in [0.1, 0.15) is 37.2 Å². The minimum Gasteiger partial charge on any atom is -0.481 e. The largest absolute Gasteiger partial charge is 0.481 e. The van der Waals surface area contributed by atoms with Crippen molar-refractivity contribution in [2.75, 3.05) is 0 Å². The summed E-state index contributed by atoms with van der Waals surface area (Å²) in [6.45, 7) is 3.20. The van der Waals surface area contributed by atoms with E-state index >= 15 is 0 Å². The zero-order valence-corrected chi connectivity index (χ0v) is 24.1. The fourth-order valence-corrected chi connectivity index (χ4v) is 4.77. The average Bonchev–Trinajstić information content (AvgIpc) is 3.71. The maximum Gasteiger partial charge on any atom is 0.314 e. The second-order valence-electron chi connectivity index (χ2n) is 10.1. The standard InChI is InChI=1S/2C18H15NO3/c2*1-12(18(20)21)17-15(13-8-4-2-5-9-13)16(19-22-17)14-10-6-3-7-11-14/h2*2-12H,1H3,(H,20,21). The third-order valence-corrected chi connectivity index (χ3v) is 7.18. The summed E-state index contributed by atoms with van der Waals surface area (Å²) < 4.78 is 10.8. The first-order valence-electron chi connectivity index (χ1n) is 14.0. The Kier molecular flexibility index (Phi) is 9.10. The summed E-state index contributed by atoms with van der Waals surface area (Å²) in [7, 11) is 0. The molecule has 4 aromatic carbocycles. The number of hydrogen-bond acceptors (Lipinski definition) is 6. The van der Waals surface area contributed by atoms with Crippen molar-refractivity contribution in [3.63, 3.8) is 0 Å². The lowest BCUT2D eigenvalue weighted by atomic mass is 9.94. The van der Waals surface area contributed by atoms with E-state index in [1.54, 1.807) is 13.8 Å². The summed E-state index contributed by atoms with van der Waals surface area (Å²) in [6, 6.07) is 38.4. The van der Waals surface area contributed by atoms with Crippen LogP contribution >= 0.6 is 0 Å². The van der Waals surface area contributed by atoms with E-state index < -0.39 is 23.8 Å². The van der Waals surface area contributed by atoms with Gasteiger partial charge < -0.3 is 19.3 Å². The molecule has 0 aliphatic heterocycles. The van der Waals surface area contributed by atoms with Crippen LogP contribution in [-0.4, -0.2) is 32.5 Å². The summed E-state index contributed by atoms with van der Waals surface area (Å²) in [6.07, 6.45) is 0. The Balaban J connectivity index is 0.000000175. The number of benzene rings is 4. The van der Waals surface area contributed by atoms with Crippen molar-refractivity contribution in [2.45, 2.75) is 25.7 Å². The topological polar surface area (TPSA) is 127 Å². The van der Waals surface area contributed by atoms with Gasteiger partial charge in [0.05, 0.1) is 11.1 Å². The maximum atomic E-state index is 11.3. The first-order valence-corrected chi connectivity index (χ1v) is 14.0. The van der Waals surface area contributed by atoms with Gasteiger partial charge in [0.15, 0.2) is 11.5 Å². The molecular formula is C36H30N2O6.